The molecule has 0 aliphatic carbocycles. The highest BCUT2D eigenvalue weighted by Crippen LogP contribution is 2.21. The Balaban J connectivity index is 1.62. The number of carbonyl (C=O) groups excluding carboxylic acids is 1. The van der Waals surface area contributed by atoms with Crippen LogP contribution >= 0.6 is 0 Å². The van der Waals surface area contributed by atoms with Gasteiger partial charge in [-0.2, -0.15) is 0 Å². The minimum absolute atomic E-state index is 0.191. The smallest absolute Gasteiger partial charge is 0.228 e. The Morgan fingerprint density at radius 1 is 1.30 bits per heavy atom. The van der Waals surface area contributed by atoms with Crippen LogP contribution in [0.5, 0.6) is 0 Å². The molecule has 2 N–H and O–H groups in total. The molecule has 0 aromatic carbocycles. The lowest BCUT2D eigenvalue weighted by atomic mass is 10.2. The van der Waals surface area contributed by atoms with Crippen molar-refractivity contribution in [2.24, 2.45) is 0 Å². The van der Waals surface area contributed by atoms with Gasteiger partial charge in [-0.3, -0.25) is 14.7 Å². The monoisotopic (exact) mass is 274 g/mol. The highest BCUT2D eigenvalue weighted by Gasteiger charge is 2.30. The molecule has 2 aliphatic heterocycles. The van der Waals surface area contributed by atoms with Crippen LogP contribution < -0.4 is 5.73 Å². The fourth-order valence-electron chi connectivity index (χ4n) is 3.24. The van der Waals surface area contributed by atoms with Gasteiger partial charge in [-0.25, -0.2) is 0 Å². The highest BCUT2D eigenvalue weighted by atomic mass is 16.2. The lowest BCUT2D eigenvalue weighted by Gasteiger charge is -2.25. The summed E-state index contributed by atoms with van der Waals surface area (Å²) >= 11 is 0. The van der Waals surface area contributed by atoms with E-state index in [2.05, 4.69) is 9.88 Å². The Morgan fingerprint density at radius 3 is 2.95 bits per heavy atom. The molecule has 1 atom stereocenters. The molecular formula is C15H22N4O. The summed E-state index contributed by atoms with van der Waals surface area (Å²) in [7, 11) is 0. The van der Waals surface area contributed by atoms with Crippen molar-refractivity contribution in [3.63, 3.8) is 0 Å². The first-order valence-electron chi connectivity index (χ1n) is 7.44. The third-order valence-electron chi connectivity index (χ3n) is 4.34. The predicted octanol–water partition coefficient (Wildman–Crippen LogP) is 0.903. The number of carbonyl (C=O) groups is 1. The lowest BCUT2D eigenvalue weighted by molar-refractivity contribution is -0.130. The van der Waals surface area contributed by atoms with Crippen LogP contribution in [0.4, 0.5) is 5.69 Å². The summed E-state index contributed by atoms with van der Waals surface area (Å²) in [4.78, 5) is 21.2. The van der Waals surface area contributed by atoms with E-state index in [1.807, 2.05) is 11.0 Å². The highest BCUT2D eigenvalue weighted by molar-refractivity contribution is 5.78. The van der Waals surface area contributed by atoms with Gasteiger partial charge in [0.2, 0.25) is 5.91 Å². The van der Waals surface area contributed by atoms with E-state index in [9.17, 15) is 4.79 Å². The number of aromatic nitrogens is 1. The molecule has 1 aromatic rings. The topological polar surface area (TPSA) is 62.5 Å². The van der Waals surface area contributed by atoms with Crippen molar-refractivity contribution >= 4 is 11.6 Å². The van der Waals surface area contributed by atoms with E-state index in [1.165, 1.54) is 19.4 Å². The zero-order valence-corrected chi connectivity index (χ0v) is 11.8. The molecule has 2 aliphatic rings. The Bertz CT molecular complexity index is 473. The number of hydrogen-bond donors (Lipinski definition) is 1. The summed E-state index contributed by atoms with van der Waals surface area (Å²) in [6.45, 7) is 4.09. The quantitative estimate of drug-likeness (QED) is 0.870. The van der Waals surface area contributed by atoms with Crippen LogP contribution in [0.25, 0.3) is 0 Å². The molecule has 3 rings (SSSR count). The van der Waals surface area contributed by atoms with E-state index in [1.54, 1.807) is 12.3 Å². The van der Waals surface area contributed by atoms with Crippen molar-refractivity contribution in [3.05, 3.63) is 24.0 Å². The minimum atomic E-state index is 0.191. The molecule has 0 spiro atoms. The van der Waals surface area contributed by atoms with E-state index in [0.717, 1.165) is 31.7 Å². The van der Waals surface area contributed by atoms with Crippen LogP contribution in [-0.4, -0.2) is 52.9 Å². The van der Waals surface area contributed by atoms with Crippen molar-refractivity contribution in [2.75, 3.05) is 31.9 Å². The van der Waals surface area contributed by atoms with Gasteiger partial charge in [0, 0.05) is 31.4 Å². The van der Waals surface area contributed by atoms with Gasteiger partial charge in [0.1, 0.15) is 0 Å². The molecule has 5 nitrogen and oxygen atoms in total. The van der Waals surface area contributed by atoms with E-state index in [4.69, 9.17) is 5.73 Å². The number of amides is 1. The molecule has 2 fully saturated rings. The van der Waals surface area contributed by atoms with Crippen molar-refractivity contribution < 1.29 is 4.79 Å². The molecule has 0 radical (unpaired) electrons. The van der Waals surface area contributed by atoms with Crippen molar-refractivity contribution in [3.8, 4) is 0 Å². The molecule has 2 saturated heterocycles. The molecule has 3 heterocycles. The Hall–Kier alpha value is -1.62. The van der Waals surface area contributed by atoms with Crippen LogP contribution in [0, 0.1) is 0 Å². The number of anilines is 1. The molecule has 1 aromatic heterocycles. The van der Waals surface area contributed by atoms with Gasteiger partial charge < -0.3 is 10.6 Å². The first-order chi connectivity index (χ1) is 9.72. The minimum Gasteiger partial charge on any atom is -0.397 e. The van der Waals surface area contributed by atoms with Crippen LogP contribution in [0.1, 0.15) is 25.0 Å². The molecule has 1 amide bonds. The first kappa shape index (κ1) is 13.4. The number of fused-ring (bicyclic) bond motifs is 1. The summed E-state index contributed by atoms with van der Waals surface area (Å²) in [5.41, 5.74) is 7.06. The van der Waals surface area contributed by atoms with Crippen LogP contribution in [0.2, 0.25) is 0 Å². The van der Waals surface area contributed by atoms with Gasteiger partial charge in [-0.15, -0.1) is 0 Å². The van der Waals surface area contributed by atoms with Crippen LogP contribution in [-0.2, 0) is 11.2 Å². The number of pyridine rings is 1. The third-order valence-corrected chi connectivity index (χ3v) is 4.34. The number of nitrogen functional groups attached to an aromatic ring is 1. The average molecular weight is 274 g/mol. The van der Waals surface area contributed by atoms with Crippen molar-refractivity contribution in [2.45, 2.75) is 31.7 Å². The summed E-state index contributed by atoms with van der Waals surface area (Å²) in [6.07, 6.45) is 5.57. The molecule has 20 heavy (non-hydrogen) atoms. The molecule has 1 unspecified atom stereocenters. The number of nitrogens with two attached hydrogens (primary N) is 1. The normalized spacial score (nSPS) is 23.4. The Kier molecular flexibility index (Phi) is 3.87. The average Bonchev–Trinajstić information content (AvgIpc) is 2.78. The molecule has 0 bridgehead atoms. The van der Waals surface area contributed by atoms with Crippen molar-refractivity contribution in [1.29, 1.82) is 0 Å². The van der Waals surface area contributed by atoms with Gasteiger partial charge in [0.05, 0.1) is 18.3 Å². The maximum absolute atomic E-state index is 12.4. The second-order valence-corrected chi connectivity index (χ2v) is 5.78. The Labute approximate surface area is 119 Å². The van der Waals surface area contributed by atoms with Crippen LogP contribution in [0.15, 0.2) is 18.3 Å². The van der Waals surface area contributed by atoms with Gasteiger partial charge in [-0.1, -0.05) is 0 Å². The van der Waals surface area contributed by atoms with E-state index in [0.29, 0.717) is 18.2 Å². The molecule has 0 saturated carbocycles. The second-order valence-electron chi connectivity index (χ2n) is 5.78. The first-order valence-corrected chi connectivity index (χ1v) is 7.44. The third kappa shape index (κ3) is 2.93. The summed E-state index contributed by atoms with van der Waals surface area (Å²) in [5.74, 6) is 0.191. The van der Waals surface area contributed by atoms with E-state index >= 15 is 0 Å². The maximum atomic E-state index is 12.4. The summed E-state index contributed by atoms with van der Waals surface area (Å²) < 4.78 is 0. The van der Waals surface area contributed by atoms with E-state index < -0.39 is 0 Å². The number of hydrogen-bond acceptors (Lipinski definition) is 4. The second kappa shape index (κ2) is 5.79. The predicted molar refractivity (Wildman–Crippen MR) is 78.1 cm³/mol. The van der Waals surface area contributed by atoms with Gasteiger partial charge in [0.15, 0.2) is 0 Å². The van der Waals surface area contributed by atoms with E-state index in [-0.39, 0.29) is 5.91 Å². The summed E-state index contributed by atoms with van der Waals surface area (Å²) in [5, 5.41) is 0. The number of nitrogens with zero attached hydrogens (tertiary/aromatic N) is 3. The molecular weight excluding hydrogens is 252 g/mol. The van der Waals surface area contributed by atoms with Crippen molar-refractivity contribution in [1.82, 2.24) is 14.8 Å². The standard InChI is InChI=1S/C15H22N4O/c16-12-4-5-13(17-10-12)9-15(20)19-8-2-7-18-6-1-3-14(18)11-19/h4-5,10,14H,1-3,6-9,11,16H2. The van der Waals surface area contributed by atoms with Gasteiger partial charge >= 0.3 is 0 Å². The zero-order valence-electron chi connectivity index (χ0n) is 11.8. The fraction of sp³-hybridized carbons (Fsp3) is 0.600. The largest absolute Gasteiger partial charge is 0.397 e. The van der Waals surface area contributed by atoms with Gasteiger partial charge in [0.25, 0.3) is 0 Å². The lowest BCUT2D eigenvalue weighted by Crippen LogP contribution is -2.40. The fourth-order valence-corrected chi connectivity index (χ4v) is 3.24. The number of rotatable bonds is 2. The molecule has 108 valence electrons. The van der Waals surface area contributed by atoms with Gasteiger partial charge in [-0.05, 0) is 37.9 Å². The summed E-state index contributed by atoms with van der Waals surface area (Å²) in [6, 6.07) is 4.21. The molecule has 5 heteroatoms. The maximum Gasteiger partial charge on any atom is 0.228 e. The zero-order chi connectivity index (χ0) is 13.9. The SMILES string of the molecule is Nc1ccc(CC(=O)N2CCCN3CCCC3C2)nc1. The van der Waals surface area contributed by atoms with Crippen LogP contribution in [0.3, 0.4) is 0 Å². The Morgan fingerprint density at radius 2 is 2.15 bits per heavy atom.